The Morgan fingerprint density at radius 1 is 0.325 bits per heavy atom. The Kier molecular flexibility index (Phi) is 8.76. The van der Waals surface area contributed by atoms with Crippen LogP contribution in [0.1, 0.15) is 22.3 Å². The quantitative estimate of drug-likeness (QED) is 0.165. The van der Waals surface area contributed by atoms with Gasteiger partial charge in [0.2, 0.25) is 0 Å². The second-order valence-corrected chi connectivity index (χ2v) is 22.1. The molecule has 0 amide bonds. The zero-order chi connectivity index (χ0) is 52.4. The van der Waals surface area contributed by atoms with Gasteiger partial charge < -0.3 is 18.3 Å². The Balaban J connectivity index is 1.02. The van der Waals surface area contributed by atoms with Gasteiger partial charge in [0.25, 0.3) is 0 Å². The topological polar surface area (TPSA) is 49.9 Å². The summed E-state index contributed by atoms with van der Waals surface area (Å²) in [5, 5.41) is 9.34. The van der Waals surface area contributed by atoms with Crippen molar-refractivity contribution >= 4 is 105 Å². The van der Waals surface area contributed by atoms with Crippen molar-refractivity contribution in [2.45, 2.75) is 15.2 Å². The Labute approximate surface area is 462 Å². The molecular formula is C72H41N7S. The molecule has 6 aromatic heterocycles. The van der Waals surface area contributed by atoms with Crippen LogP contribution >= 0.6 is 11.8 Å². The third-order valence-electron chi connectivity index (χ3n) is 17.3. The molecule has 8 heteroatoms. The highest BCUT2D eigenvalue weighted by Crippen LogP contribution is 2.64. The summed E-state index contributed by atoms with van der Waals surface area (Å²) in [7, 11) is 0. The van der Waals surface area contributed by atoms with Gasteiger partial charge in [-0.2, -0.15) is 0 Å². The van der Waals surface area contributed by atoms with Crippen LogP contribution < -0.4 is 0 Å². The zero-order valence-corrected chi connectivity index (χ0v) is 43.5. The lowest BCUT2D eigenvalue weighted by molar-refractivity contribution is 0.713. The number of fused-ring (bicyclic) bond motifs is 21. The largest absolute Gasteiger partial charge is 0.308 e. The summed E-state index contributed by atoms with van der Waals surface area (Å²) < 4.78 is 9.71. The normalized spacial score (nSPS) is 13.3. The van der Waals surface area contributed by atoms with Gasteiger partial charge in [0, 0.05) is 58.6 Å². The minimum Gasteiger partial charge on any atom is -0.308 e. The van der Waals surface area contributed by atoms with Gasteiger partial charge in [0.1, 0.15) is 0 Å². The van der Waals surface area contributed by atoms with E-state index < -0.39 is 5.41 Å². The lowest BCUT2D eigenvalue weighted by Gasteiger charge is -2.41. The second-order valence-electron chi connectivity index (χ2n) is 21.1. The monoisotopic (exact) mass is 1040 g/mol. The molecule has 0 unspecified atom stereocenters. The maximum absolute atomic E-state index is 7.99. The summed E-state index contributed by atoms with van der Waals surface area (Å²) in [6.45, 7) is 7.99. The van der Waals surface area contributed by atoms with Crippen LogP contribution in [0.25, 0.3) is 126 Å². The fourth-order valence-electron chi connectivity index (χ4n) is 14.2. The van der Waals surface area contributed by atoms with E-state index in [1.807, 2.05) is 30.1 Å². The molecule has 1 aliphatic heterocycles. The number of pyridine rings is 2. The van der Waals surface area contributed by atoms with Crippen molar-refractivity contribution in [3.05, 3.63) is 283 Å². The highest BCUT2D eigenvalue weighted by molar-refractivity contribution is 7.99. The number of para-hydroxylation sites is 7. The Bertz CT molecular complexity index is 5130. The summed E-state index contributed by atoms with van der Waals surface area (Å²) in [5.41, 5.74) is 18.8. The molecule has 16 aromatic rings. The van der Waals surface area contributed by atoms with E-state index in [4.69, 9.17) is 16.5 Å². The van der Waals surface area contributed by atoms with Crippen LogP contribution in [0.2, 0.25) is 0 Å². The van der Waals surface area contributed by atoms with E-state index in [-0.39, 0.29) is 0 Å². The minimum atomic E-state index is -0.967. The van der Waals surface area contributed by atoms with Crippen molar-refractivity contribution in [3.8, 4) is 34.1 Å². The average Bonchev–Trinajstić information content (AvgIpc) is 4.36. The van der Waals surface area contributed by atoms with Gasteiger partial charge in [0.05, 0.1) is 103 Å². The number of benzene rings is 10. The molecule has 0 saturated carbocycles. The molecule has 0 bridgehead atoms. The van der Waals surface area contributed by atoms with Crippen LogP contribution in [-0.2, 0) is 5.41 Å². The van der Waals surface area contributed by atoms with Crippen LogP contribution in [0, 0.1) is 6.57 Å². The first-order chi connectivity index (χ1) is 39.7. The van der Waals surface area contributed by atoms with Gasteiger partial charge in [0.15, 0.2) is 5.69 Å². The number of hydrogen-bond acceptors (Lipinski definition) is 3. The lowest BCUT2D eigenvalue weighted by atomic mass is 9.67. The highest BCUT2D eigenvalue weighted by atomic mass is 32.2. The smallest absolute Gasteiger partial charge is 0.188 e. The molecule has 370 valence electrons. The maximum atomic E-state index is 7.99. The fraction of sp³-hybridized carbons (Fsp3) is 0.0139. The van der Waals surface area contributed by atoms with Crippen molar-refractivity contribution in [1.82, 2.24) is 28.2 Å². The van der Waals surface area contributed by atoms with Gasteiger partial charge in [-0.1, -0.05) is 169 Å². The zero-order valence-electron chi connectivity index (χ0n) is 42.7. The van der Waals surface area contributed by atoms with Crippen molar-refractivity contribution < 1.29 is 0 Å². The molecule has 18 rings (SSSR count). The van der Waals surface area contributed by atoms with Gasteiger partial charge >= 0.3 is 0 Å². The van der Waals surface area contributed by atoms with Crippen molar-refractivity contribution in [2.75, 3.05) is 0 Å². The van der Waals surface area contributed by atoms with E-state index in [0.717, 1.165) is 121 Å². The van der Waals surface area contributed by atoms with E-state index in [0.29, 0.717) is 5.69 Å². The van der Waals surface area contributed by atoms with Crippen LogP contribution in [0.15, 0.2) is 259 Å². The molecule has 0 saturated heterocycles. The standard InChI is InChI=1S/C72H41N7S/c1-73-43-36-37-65-53(38-43)52-24-8-11-29-60(52)77(65)45-40-57-69(75-42-45)68-56(39-44(41-74-68)76-58-27-9-2-18-46(58)47-19-3-10-28-59(47)76)72(57)54-25-16-34-66(78-61-30-12-4-20-48(61)49-21-5-13-31-62(49)78)70(54)80-71-55(72)26-17-35-67(71)79-63-32-14-6-22-50(63)51-23-7-15-33-64(51)79/h2-42H. The predicted molar refractivity (Wildman–Crippen MR) is 327 cm³/mol. The summed E-state index contributed by atoms with van der Waals surface area (Å²) in [6.07, 6.45) is 4.09. The van der Waals surface area contributed by atoms with Gasteiger partial charge in [-0.3, -0.25) is 9.97 Å². The average molecular weight is 1040 g/mol. The van der Waals surface area contributed by atoms with Crippen LogP contribution in [0.4, 0.5) is 5.69 Å². The second kappa shape index (κ2) is 16.1. The molecule has 1 aliphatic carbocycles. The molecule has 0 atom stereocenters. The van der Waals surface area contributed by atoms with Gasteiger partial charge in [-0.25, -0.2) is 4.85 Å². The summed E-state index contributed by atoms with van der Waals surface area (Å²) in [4.78, 5) is 17.5. The highest BCUT2D eigenvalue weighted by Gasteiger charge is 2.53. The van der Waals surface area contributed by atoms with E-state index in [1.54, 1.807) is 0 Å². The maximum Gasteiger partial charge on any atom is 0.188 e. The molecule has 10 aromatic carbocycles. The summed E-state index contributed by atoms with van der Waals surface area (Å²) >= 11 is 1.87. The molecule has 80 heavy (non-hydrogen) atoms. The number of rotatable bonds is 4. The van der Waals surface area contributed by atoms with E-state index in [2.05, 4.69) is 254 Å². The first-order valence-corrected chi connectivity index (χ1v) is 27.8. The van der Waals surface area contributed by atoms with E-state index in [1.165, 1.54) is 32.3 Å². The van der Waals surface area contributed by atoms with Crippen LogP contribution in [-0.4, -0.2) is 28.2 Å². The predicted octanol–water partition coefficient (Wildman–Crippen LogP) is 18.2. The Hall–Kier alpha value is -10.5. The fourth-order valence-corrected chi connectivity index (χ4v) is 15.5. The number of hydrogen-bond donors (Lipinski definition) is 0. The Morgan fingerprint density at radius 2 is 0.662 bits per heavy atom. The molecule has 2 aliphatic rings. The SMILES string of the molecule is [C-]#[N+]c1ccc2c(c1)c1ccccc1n2-c1cnc2c(c1)C1(c3cc(-n4c5ccccc5c5ccccc54)cnc3-2)c2cccc(-n3c4ccccc4c4ccccc43)c2Sc2c(-n3c4ccccc4c4ccccc43)cccc21. The van der Waals surface area contributed by atoms with E-state index >= 15 is 0 Å². The van der Waals surface area contributed by atoms with E-state index in [9.17, 15) is 0 Å². The van der Waals surface area contributed by atoms with Gasteiger partial charge in [-0.05, 0) is 95.4 Å². The van der Waals surface area contributed by atoms with Crippen molar-refractivity contribution in [3.63, 3.8) is 0 Å². The molecule has 0 radical (unpaired) electrons. The number of aromatic nitrogens is 6. The lowest BCUT2D eigenvalue weighted by Crippen LogP contribution is -2.33. The first-order valence-electron chi connectivity index (χ1n) is 27.0. The van der Waals surface area contributed by atoms with Gasteiger partial charge in [-0.15, -0.1) is 0 Å². The summed E-state index contributed by atoms with van der Waals surface area (Å²) in [5.74, 6) is 0. The minimum absolute atomic E-state index is 0.609. The van der Waals surface area contributed by atoms with Crippen molar-refractivity contribution in [1.29, 1.82) is 0 Å². The number of nitrogens with zero attached hydrogens (tertiary/aromatic N) is 7. The summed E-state index contributed by atoms with van der Waals surface area (Å²) in [6, 6.07) is 86.1. The molecule has 0 N–H and O–H groups in total. The molecule has 7 nitrogen and oxygen atoms in total. The third kappa shape index (κ3) is 5.58. The van der Waals surface area contributed by atoms with Crippen LogP contribution in [0.5, 0.6) is 0 Å². The molecule has 7 heterocycles. The molecular weight excluding hydrogens is 995 g/mol. The molecule has 1 spiro atoms. The third-order valence-corrected chi connectivity index (χ3v) is 18.6. The van der Waals surface area contributed by atoms with Crippen molar-refractivity contribution in [2.24, 2.45) is 0 Å². The first kappa shape index (κ1) is 43.6. The van der Waals surface area contributed by atoms with Crippen LogP contribution in [0.3, 0.4) is 0 Å². The Morgan fingerprint density at radius 3 is 1.04 bits per heavy atom. The molecule has 0 fully saturated rings.